The lowest BCUT2D eigenvalue weighted by atomic mass is 10.0. The SMILES string of the molecule is OCC(CNCc1csc(C2CC2)n1)Cc1ccccn1. The maximum absolute atomic E-state index is 9.49. The second-order valence-electron chi connectivity index (χ2n) is 5.66. The minimum Gasteiger partial charge on any atom is -0.396 e. The Balaban J connectivity index is 1.44. The fourth-order valence-corrected chi connectivity index (χ4v) is 3.33. The number of aliphatic hydroxyl groups is 1. The zero-order valence-corrected chi connectivity index (χ0v) is 12.9. The summed E-state index contributed by atoms with van der Waals surface area (Å²) in [6.07, 6.45) is 5.20. The van der Waals surface area contributed by atoms with Crippen molar-refractivity contribution in [2.24, 2.45) is 5.92 Å². The fraction of sp³-hybridized carbons (Fsp3) is 0.500. The van der Waals surface area contributed by atoms with Gasteiger partial charge in [0.15, 0.2) is 0 Å². The van der Waals surface area contributed by atoms with Crippen LogP contribution in [0.5, 0.6) is 0 Å². The normalized spacial score (nSPS) is 16.0. The van der Waals surface area contributed by atoms with E-state index in [1.54, 1.807) is 17.5 Å². The van der Waals surface area contributed by atoms with Crippen molar-refractivity contribution in [3.05, 3.63) is 46.2 Å². The lowest BCUT2D eigenvalue weighted by Crippen LogP contribution is -2.26. The number of thiazole rings is 1. The van der Waals surface area contributed by atoms with E-state index in [1.807, 2.05) is 18.2 Å². The van der Waals surface area contributed by atoms with E-state index in [2.05, 4.69) is 20.7 Å². The van der Waals surface area contributed by atoms with E-state index in [0.717, 1.165) is 36.8 Å². The zero-order valence-electron chi connectivity index (χ0n) is 12.0. The molecule has 0 bridgehead atoms. The van der Waals surface area contributed by atoms with Crippen LogP contribution in [0.2, 0.25) is 0 Å². The van der Waals surface area contributed by atoms with Gasteiger partial charge < -0.3 is 10.4 Å². The molecule has 0 saturated heterocycles. The molecule has 1 fully saturated rings. The molecule has 4 nitrogen and oxygen atoms in total. The van der Waals surface area contributed by atoms with Crippen molar-refractivity contribution in [2.75, 3.05) is 13.2 Å². The molecule has 1 atom stereocenters. The first kappa shape index (κ1) is 14.6. The average molecular weight is 303 g/mol. The summed E-state index contributed by atoms with van der Waals surface area (Å²) < 4.78 is 0. The minimum absolute atomic E-state index is 0.175. The third-order valence-electron chi connectivity index (χ3n) is 3.72. The number of hydrogen-bond acceptors (Lipinski definition) is 5. The molecule has 2 aromatic rings. The molecule has 0 radical (unpaired) electrons. The van der Waals surface area contributed by atoms with Crippen molar-refractivity contribution in [3.63, 3.8) is 0 Å². The van der Waals surface area contributed by atoms with Gasteiger partial charge in [0, 0.05) is 42.9 Å². The number of pyridine rings is 1. The van der Waals surface area contributed by atoms with E-state index in [1.165, 1.54) is 17.8 Å². The van der Waals surface area contributed by atoms with E-state index in [-0.39, 0.29) is 12.5 Å². The maximum atomic E-state index is 9.49. The lowest BCUT2D eigenvalue weighted by molar-refractivity contribution is 0.220. The Morgan fingerprint density at radius 3 is 2.95 bits per heavy atom. The second-order valence-corrected chi connectivity index (χ2v) is 6.55. The number of rotatable bonds is 8. The van der Waals surface area contributed by atoms with Gasteiger partial charge in [-0.2, -0.15) is 0 Å². The van der Waals surface area contributed by atoms with Gasteiger partial charge in [-0.3, -0.25) is 4.98 Å². The number of aliphatic hydroxyl groups excluding tert-OH is 1. The molecule has 3 rings (SSSR count). The molecule has 1 aliphatic rings. The monoisotopic (exact) mass is 303 g/mol. The van der Waals surface area contributed by atoms with Gasteiger partial charge in [-0.15, -0.1) is 11.3 Å². The van der Waals surface area contributed by atoms with Gasteiger partial charge in [-0.25, -0.2) is 4.98 Å². The van der Waals surface area contributed by atoms with E-state index in [0.29, 0.717) is 0 Å². The number of nitrogens with zero attached hydrogens (tertiary/aromatic N) is 2. The standard InChI is InChI=1S/C16H21N3OS/c20-10-12(7-14-3-1-2-6-18-14)8-17-9-15-11-21-16(19-15)13-4-5-13/h1-3,6,11-13,17,20H,4-5,7-10H2. The average Bonchev–Trinajstić information content (AvgIpc) is 3.27. The topological polar surface area (TPSA) is 58.0 Å². The Morgan fingerprint density at radius 2 is 2.24 bits per heavy atom. The molecule has 5 heteroatoms. The van der Waals surface area contributed by atoms with Crippen molar-refractivity contribution in [2.45, 2.75) is 31.7 Å². The summed E-state index contributed by atoms with van der Waals surface area (Å²) in [5.74, 6) is 0.930. The Bertz CT molecular complexity index is 554. The van der Waals surface area contributed by atoms with Crippen LogP contribution in [0.1, 0.15) is 35.2 Å². The molecule has 2 aromatic heterocycles. The highest BCUT2D eigenvalue weighted by atomic mass is 32.1. The van der Waals surface area contributed by atoms with Gasteiger partial charge in [-0.1, -0.05) is 6.07 Å². The molecule has 112 valence electrons. The lowest BCUT2D eigenvalue weighted by Gasteiger charge is -2.14. The summed E-state index contributed by atoms with van der Waals surface area (Å²) in [6.45, 7) is 1.74. The quantitative estimate of drug-likeness (QED) is 0.786. The van der Waals surface area contributed by atoms with Crippen molar-refractivity contribution < 1.29 is 5.11 Å². The fourth-order valence-electron chi connectivity index (χ4n) is 2.34. The van der Waals surface area contributed by atoms with E-state index >= 15 is 0 Å². The third kappa shape index (κ3) is 4.33. The first-order chi connectivity index (χ1) is 10.3. The van der Waals surface area contributed by atoms with Gasteiger partial charge in [0.25, 0.3) is 0 Å². The molecule has 2 N–H and O–H groups in total. The molecule has 2 heterocycles. The molecule has 1 aliphatic carbocycles. The first-order valence-corrected chi connectivity index (χ1v) is 8.39. The molecular formula is C16H21N3OS. The molecular weight excluding hydrogens is 282 g/mol. The highest BCUT2D eigenvalue weighted by Gasteiger charge is 2.26. The summed E-state index contributed by atoms with van der Waals surface area (Å²) in [5, 5.41) is 16.3. The van der Waals surface area contributed by atoms with E-state index in [9.17, 15) is 5.11 Å². The van der Waals surface area contributed by atoms with Crippen LogP contribution in [0.25, 0.3) is 0 Å². The summed E-state index contributed by atoms with van der Waals surface area (Å²) in [4.78, 5) is 8.97. The van der Waals surface area contributed by atoms with Crippen LogP contribution in [-0.2, 0) is 13.0 Å². The maximum Gasteiger partial charge on any atom is 0.0959 e. The Morgan fingerprint density at radius 1 is 1.33 bits per heavy atom. The van der Waals surface area contributed by atoms with E-state index in [4.69, 9.17) is 0 Å². The third-order valence-corrected chi connectivity index (χ3v) is 4.77. The van der Waals surface area contributed by atoms with Gasteiger partial charge in [0.05, 0.1) is 10.7 Å². The van der Waals surface area contributed by atoms with Crippen LogP contribution in [-0.4, -0.2) is 28.2 Å². The Labute approximate surface area is 129 Å². The summed E-state index contributed by atoms with van der Waals surface area (Å²) >= 11 is 1.78. The van der Waals surface area contributed by atoms with Crippen LogP contribution in [0.4, 0.5) is 0 Å². The van der Waals surface area contributed by atoms with E-state index < -0.39 is 0 Å². The summed E-state index contributed by atoms with van der Waals surface area (Å²) in [6, 6.07) is 5.90. The summed E-state index contributed by atoms with van der Waals surface area (Å²) in [7, 11) is 0. The molecule has 1 saturated carbocycles. The van der Waals surface area contributed by atoms with Crippen LogP contribution in [0, 0.1) is 5.92 Å². The van der Waals surface area contributed by atoms with Crippen LogP contribution < -0.4 is 5.32 Å². The van der Waals surface area contributed by atoms with Crippen molar-refractivity contribution >= 4 is 11.3 Å². The zero-order chi connectivity index (χ0) is 14.5. The van der Waals surface area contributed by atoms with Crippen LogP contribution >= 0.6 is 11.3 Å². The molecule has 21 heavy (non-hydrogen) atoms. The van der Waals surface area contributed by atoms with Crippen LogP contribution in [0.3, 0.4) is 0 Å². The minimum atomic E-state index is 0.175. The van der Waals surface area contributed by atoms with Gasteiger partial charge >= 0.3 is 0 Å². The molecule has 0 spiro atoms. The number of hydrogen-bond donors (Lipinski definition) is 2. The molecule has 0 aliphatic heterocycles. The number of nitrogens with one attached hydrogen (secondary N) is 1. The predicted molar refractivity (Wildman–Crippen MR) is 84.3 cm³/mol. The van der Waals surface area contributed by atoms with Crippen LogP contribution in [0.15, 0.2) is 29.8 Å². The van der Waals surface area contributed by atoms with Gasteiger partial charge in [0.1, 0.15) is 0 Å². The highest BCUT2D eigenvalue weighted by Crippen LogP contribution is 2.41. The van der Waals surface area contributed by atoms with Gasteiger partial charge in [-0.05, 0) is 37.3 Å². The highest BCUT2D eigenvalue weighted by molar-refractivity contribution is 7.09. The molecule has 0 aromatic carbocycles. The van der Waals surface area contributed by atoms with Crippen molar-refractivity contribution in [1.82, 2.24) is 15.3 Å². The second kappa shape index (κ2) is 7.11. The summed E-state index contributed by atoms with van der Waals surface area (Å²) in [5.41, 5.74) is 2.15. The number of aromatic nitrogens is 2. The van der Waals surface area contributed by atoms with Gasteiger partial charge in [0.2, 0.25) is 0 Å². The molecule has 1 unspecified atom stereocenters. The van der Waals surface area contributed by atoms with Crippen molar-refractivity contribution in [3.8, 4) is 0 Å². The predicted octanol–water partition coefficient (Wildman–Crippen LogP) is 2.36. The largest absolute Gasteiger partial charge is 0.396 e. The smallest absolute Gasteiger partial charge is 0.0959 e. The Hall–Kier alpha value is -1.30. The van der Waals surface area contributed by atoms with Crippen molar-refractivity contribution in [1.29, 1.82) is 0 Å². The Kier molecular flexibility index (Phi) is 4.95. The molecule has 0 amide bonds. The first-order valence-electron chi connectivity index (χ1n) is 7.51.